The summed E-state index contributed by atoms with van der Waals surface area (Å²) >= 11 is 6.44. The Morgan fingerprint density at radius 1 is 1.43 bits per heavy atom. The molecule has 3 nitrogen and oxygen atoms in total. The maximum atomic E-state index is 6.44. The number of hydrogen-bond donors (Lipinski definition) is 1. The van der Waals surface area contributed by atoms with Crippen molar-refractivity contribution in [2.45, 2.75) is 39.8 Å². The van der Waals surface area contributed by atoms with Gasteiger partial charge in [0.15, 0.2) is 0 Å². The van der Waals surface area contributed by atoms with Gasteiger partial charge in [-0.05, 0) is 36.6 Å². The molecule has 2 rings (SSSR count). The summed E-state index contributed by atoms with van der Waals surface area (Å²) in [6.45, 7) is 11.1. The van der Waals surface area contributed by atoms with E-state index >= 15 is 0 Å². The van der Waals surface area contributed by atoms with Gasteiger partial charge in [0.2, 0.25) is 0 Å². The highest BCUT2D eigenvalue weighted by Gasteiger charge is 2.19. The van der Waals surface area contributed by atoms with E-state index in [1.165, 1.54) is 11.3 Å². The first-order valence-electron chi connectivity index (χ1n) is 7.95. The predicted octanol–water partition coefficient (Wildman–Crippen LogP) is 3.70. The zero-order chi connectivity index (χ0) is 15.2. The summed E-state index contributed by atoms with van der Waals surface area (Å²) in [7, 11) is 0. The first-order chi connectivity index (χ1) is 10.1. The fourth-order valence-electron chi connectivity index (χ4n) is 2.57. The summed E-state index contributed by atoms with van der Waals surface area (Å²) in [4.78, 5) is 2.37. The fraction of sp³-hybridized carbons (Fsp3) is 0.647. The molecule has 0 aliphatic carbocycles. The average molecular weight is 311 g/mol. The molecule has 1 aromatic rings. The summed E-state index contributed by atoms with van der Waals surface area (Å²) < 4.78 is 5.72. The average Bonchev–Trinajstić information content (AvgIpc) is 2.48. The molecule has 118 valence electrons. The van der Waals surface area contributed by atoms with Crippen LogP contribution in [0.2, 0.25) is 5.02 Å². The number of nitrogens with one attached hydrogen (secondary N) is 1. The molecular formula is C17H27ClN2O. The second-order valence-electron chi connectivity index (χ2n) is 6.15. The van der Waals surface area contributed by atoms with E-state index in [1.807, 2.05) is 0 Å². The normalized spacial score (nSPS) is 19.3. The van der Waals surface area contributed by atoms with Crippen LogP contribution < -0.4 is 10.2 Å². The number of benzene rings is 1. The maximum absolute atomic E-state index is 6.44. The minimum absolute atomic E-state index is 0.338. The van der Waals surface area contributed by atoms with Crippen molar-refractivity contribution >= 4 is 17.3 Å². The van der Waals surface area contributed by atoms with Crippen molar-refractivity contribution in [2.24, 2.45) is 5.92 Å². The Labute approximate surface area is 133 Å². The van der Waals surface area contributed by atoms with Gasteiger partial charge in [0.25, 0.3) is 0 Å². The van der Waals surface area contributed by atoms with Crippen LogP contribution in [0.25, 0.3) is 0 Å². The van der Waals surface area contributed by atoms with Crippen LogP contribution in [0.1, 0.15) is 32.8 Å². The monoisotopic (exact) mass is 310 g/mol. The molecular weight excluding hydrogens is 284 g/mol. The van der Waals surface area contributed by atoms with Gasteiger partial charge in [-0.1, -0.05) is 38.4 Å². The largest absolute Gasteiger partial charge is 0.375 e. The zero-order valence-corrected chi connectivity index (χ0v) is 14.1. The minimum atomic E-state index is 0.338. The van der Waals surface area contributed by atoms with E-state index in [1.54, 1.807) is 0 Å². The van der Waals surface area contributed by atoms with Crippen LogP contribution in [0.3, 0.4) is 0 Å². The smallest absolute Gasteiger partial charge is 0.0748 e. The van der Waals surface area contributed by atoms with Gasteiger partial charge >= 0.3 is 0 Å². The standard InChI is InChI=1S/C17H27ClN2O/c1-4-16-12-20(7-8-21-16)15-6-5-14(17(18)9-15)11-19-10-13(2)3/h5-6,9,13,16,19H,4,7-8,10-12H2,1-3H3. The molecule has 1 aliphatic rings. The first kappa shape index (κ1) is 16.6. The van der Waals surface area contributed by atoms with Crippen LogP contribution in [0, 0.1) is 5.92 Å². The van der Waals surface area contributed by atoms with E-state index < -0.39 is 0 Å². The second kappa shape index (κ2) is 8.02. The summed E-state index contributed by atoms with van der Waals surface area (Å²) in [5, 5.41) is 4.29. The fourth-order valence-corrected chi connectivity index (χ4v) is 2.81. The van der Waals surface area contributed by atoms with Crippen molar-refractivity contribution in [3.8, 4) is 0 Å². The highest BCUT2D eigenvalue weighted by molar-refractivity contribution is 6.31. The van der Waals surface area contributed by atoms with Gasteiger partial charge in [-0.3, -0.25) is 0 Å². The van der Waals surface area contributed by atoms with Gasteiger partial charge in [-0.2, -0.15) is 0 Å². The highest BCUT2D eigenvalue weighted by atomic mass is 35.5. The van der Waals surface area contributed by atoms with Crippen molar-refractivity contribution < 1.29 is 4.74 Å². The molecule has 4 heteroatoms. The van der Waals surface area contributed by atoms with Crippen LogP contribution >= 0.6 is 11.6 Å². The molecule has 1 N–H and O–H groups in total. The number of ether oxygens (including phenoxy) is 1. The Morgan fingerprint density at radius 3 is 2.90 bits per heavy atom. The quantitative estimate of drug-likeness (QED) is 0.867. The van der Waals surface area contributed by atoms with E-state index in [4.69, 9.17) is 16.3 Å². The Bertz CT molecular complexity index is 450. The first-order valence-corrected chi connectivity index (χ1v) is 8.33. The van der Waals surface area contributed by atoms with Crippen LogP contribution in [0.4, 0.5) is 5.69 Å². The van der Waals surface area contributed by atoms with Gasteiger partial charge in [-0.25, -0.2) is 0 Å². The molecule has 0 radical (unpaired) electrons. The van der Waals surface area contributed by atoms with E-state index in [0.717, 1.165) is 44.2 Å². The number of nitrogens with zero attached hydrogens (tertiary/aromatic N) is 1. The molecule has 0 saturated carbocycles. The molecule has 1 atom stereocenters. The topological polar surface area (TPSA) is 24.5 Å². The molecule has 1 aromatic carbocycles. The summed E-state index contributed by atoms with van der Waals surface area (Å²) in [6.07, 6.45) is 1.39. The number of hydrogen-bond acceptors (Lipinski definition) is 3. The van der Waals surface area contributed by atoms with E-state index in [9.17, 15) is 0 Å². The highest BCUT2D eigenvalue weighted by Crippen LogP contribution is 2.25. The number of morpholine rings is 1. The molecule has 21 heavy (non-hydrogen) atoms. The van der Waals surface area contributed by atoms with Crippen molar-refractivity contribution in [3.05, 3.63) is 28.8 Å². The Balaban J connectivity index is 1.97. The molecule has 1 fully saturated rings. The van der Waals surface area contributed by atoms with Crippen LogP contribution in [0.15, 0.2) is 18.2 Å². The second-order valence-corrected chi connectivity index (χ2v) is 6.55. The van der Waals surface area contributed by atoms with Gasteiger partial charge in [-0.15, -0.1) is 0 Å². The molecule has 0 bridgehead atoms. The predicted molar refractivity (Wildman–Crippen MR) is 90.2 cm³/mol. The van der Waals surface area contributed by atoms with Crippen molar-refractivity contribution in [3.63, 3.8) is 0 Å². The van der Waals surface area contributed by atoms with Crippen molar-refractivity contribution in [1.29, 1.82) is 0 Å². The van der Waals surface area contributed by atoms with Gasteiger partial charge < -0.3 is 15.0 Å². The zero-order valence-electron chi connectivity index (χ0n) is 13.4. The van der Waals surface area contributed by atoms with Crippen molar-refractivity contribution in [1.82, 2.24) is 5.32 Å². The molecule has 0 aromatic heterocycles. The molecule has 1 aliphatic heterocycles. The van der Waals surface area contributed by atoms with Crippen LogP contribution in [0.5, 0.6) is 0 Å². The Kier molecular flexibility index (Phi) is 6.34. The Hall–Kier alpha value is -0.770. The van der Waals surface area contributed by atoms with Gasteiger partial charge in [0.05, 0.1) is 12.7 Å². The maximum Gasteiger partial charge on any atom is 0.0748 e. The van der Waals surface area contributed by atoms with Gasteiger partial charge in [0.1, 0.15) is 0 Å². The number of anilines is 1. The lowest BCUT2D eigenvalue weighted by Crippen LogP contribution is -2.42. The van der Waals surface area contributed by atoms with E-state index in [0.29, 0.717) is 12.0 Å². The lowest BCUT2D eigenvalue weighted by Gasteiger charge is -2.34. The molecule has 0 spiro atoms. The summed E-state index contributed by atoms with van der Waals surface area (Å²) in [5.41, 5.74) is 2.37. The summed E-state index contributed by atoms with van der Waals surface area (Å²) in [5.74, 6) is 0.655. The Morgan fingerprint density at radius 2 is 2.24 bits per heavy atom. The van der Waals surface area contributed by atoms with E-state index in [-0.39, 0.29) is 0 Å². The number of rotatable bonds is 6. The lowest BCUT2D eigenvalue weighted by molar-refractivity contribution is 0.0384. The van der Waals surface area contributed by atoms with Crippen LogP contribution in [-0.4, -0.2) is 32.3 Å². The third kappa shape index (κ3) is 4.87. The lowest BCUT2D eigenvalue weighted by atomic mass is 10.1. The molecule has 1 unspecified atom stereocenters. The van der Waals surface area contributed by atoms with Crippen LogP contribution in [-0.2, 0) is 11.3 Å². The molecule has 0 amide bonds. The van der Waals surface area contributed by atoms with E-state index in [2.05, 4.69) is 49.2 Å². The molecule has 1 saturated heterocycles. The molecule has 1 heterocycles. The third-order valence-corrected chi connectivity index (χ3v) is 4.22. The summed E-state index contributed by atoms with van der Waals surface area (Å²) in [6, 6.07) is 6.41. The number of halogens is 1. The third-order valence-electron chi connectivity index (χ3n) is 3.86. The SMILES string of the molecule is CCC1CN(c2ccc(CNCC(C)C)c(Cl)c2)CCO1. The van der Waals surface area contributed by atoms with Crippen molar-refractivity contribution in [2.75, 3.05) is 31.1 Å². The van der Waals surface area contributed by atoms with Gasteiger partial charge in [0, 0.05) is 30.3 Å². The minimum Gasteiger partial charge on any atom is -0.375 e.